The van der Waals surface area contributed by atoms with Crippen molar-refractivity contribution in [1.29, 1.82) is 0 Å². The minimum Gasteiger partial charge on any atom is -0.349 e. The predicted molar refractivity (Wildman–Crippen MR) is 126 cm³/mol. The Labute approximate surface area is 290 Å². The number of hydrogen-bond acceptors (Lipinski definition) is 3. The number of benzene rings is 1. The lowest BCUT2D eigenvalue weighted by Crippen LogP contribution is -2.78. The molecule has 0 aliphatic heterocycles. The number of rotatable bonds is 16. The van der Waals surface area contributed by atoms with Crippen LogP contribution in [-0.2, 0) is 4.79 Å². The van der Waals surface area contributed by atoms with Crippen LogP contribution in [0, 0.1) is 6.92 Å². The van der Waals surface area contributed by atoms with Crippen molar-refractivity contribution < 1.29 is 128 Å². The maximum absolute atomic E-state index is 14.4. The molecule has 0 saturated carbocycles. The van der Waals surface area contributed by atoms with Crippen molar-refractivity contribution in [1.82, 2.24) is 5.32 Å². The standard InChI is InChI=1S/C25H13F27N2O2/c1-8-5-10(53-7-55)3-4-11(8)12(56)54-9(2)6-13(26,27)14(28,29)15(30,31)16(32,33)17(34,35)18(36,37)19(38,39)20(40,41)21(42,43)22(44,45)23(46,47)24(48,49)25(50,51)52/h3-5,9H,6H2,1-2H3,(H,54,56). The molecule has 0 heterocycles. The van der Waals surface area contributed by atoms with E-state index in [0.29, 0.717) is 0 Å². The maximum Gasteiger partial charge on any atom is 0.460 e. The van der Waals surface area contributed by atoms with Crippen molar-refractivity contribution >= 4 is 17.7 Å². The summed E-state index contributed by atoms with van der Waals surface area (Å²) in [6.07, 6.45) is -10.4. The number of nitrogens with one attached hydrogen (secondary N) is 1. The lowest BCUT2D eigenvalue weighted by Gasteiger charge is -2.46. The first-order valence-electron chi connectivity index (χ1n) is 13.3. The van der Waals surface area contributed by atoms with Gasteiger partial charge in [-0.15, -0.1) is 0 Å². The van der Waals surface area contributed by atoms with Gasteiger partial charge in [0.25, 0.3) is 5.91 Å². The van der Waals surface area contributed by atoms with Crippen molar-refractivity contribution in [3.05, 3.63) is 29.3 Å². The second kappa shape index (κ2) is 13.9. The fourth-order valence-electron chi connectivity index (χ4n) is 4.07. The highest BCUT2D eigenvalue weighted by atomic mass is 19.4. The van der Waals surface area contributed by atoms with E-state index in [4.69, 9.17) is 0 Å². The summed E-state index contributed by atoms with van der Waals surface area (Å²) in [6, 6.07) is -0.320. The van der Waals surface area contributed by atoms with E-state index < -0.39 is 101 Å². The number of halogens is 27. The molecule has 1 aromatic rings. The second-order valence-corrected chi connectivity index (χ2v) is 11.3. The zero-order valence-corrected chi connectivity index (χ0v) is 26.0. The molecule has 1 rings (SSSR count). The Morgan fingerprint density at radius 2 is 0.857 bits per heavy atom. The first kappa shape index (κ1) is 50.2. The smallest absolute Gasteiger partial charge is 0.349 e. The van der Waals surface area contributed by atoms with Crippen LogP contribution in [-0.4, -0.2) is 95.3 Å². The summed E-state index contributed by atoms with van der Waals surface area (Å²) in [6.45, 7) is 1.15. The first-order chi connectivity index (χ1) is 24.2. The van der Waals surface area contributed by atoms with Crippen LogP contribution in [0.1, 0.15) is 29.3 Å². The Balaban J connectivity index is 3.72. The molecule has 0 bridgehead atoms. The van der Waals surface area contributed by atoms with Crippen molar-refractivity contribution in [3.63, 3.8) is 0 Å². The first-order valence-corrected chi connectivity index (χ1v) is 13.3. The SMILES string of the molecule is Cc1cc(N=C=O)ccc1C(=O)NC(C)CC(F)(F)C(F)(F)C(F)(F)C(F)(F)C(F)(F)C(F)(F)C(F)(F)C(F)(F)C(F)(F)C(F)(F)C(F)(F)C(F)(F)C(F)(F)F. The molecule has 0 aliphatic carbocycles. The summed E-state index contributed by atoms with van der Waals surface area (Å²) in [5, 5.41) is 1.31. The Kier molecular flexibility index (Phi) is 12.5. The average molecular weight is 886 g/mol. The predicted octanol–water partition coefficient (Wildman–Crippen LogP) is 10.7. The van der Waals surface area contributed by atoms with Crippen molar-refractivity contribution in [2.75, 3.05) is 0 Å². The van der Waals surface area contributed by atoms with Crippen LogP contribution >= 0.6 is 0 Å². The Bertz CT molecular complexity index is 1670. The van der Waals surface area contributed by atoms with E-state index >= 15 is 0 Å². The van der Waals surface area contributed by atoms with Gasteiger partial charge in [-0.05, 0) is 37.6 Å². The van der Waals surface area contributed by atoms with Crippen molar-refractivity contribution in [3.8, 4) is 0 Å². The molecule has 1 unspecified atom stereocenters. The van der Waals surface area contributed by atoms with Gasteiger partial charge in [-0.1, -0.05) is 0 Å². The largest absolute Gasteiger partial charge is 0.460 e. The summed E-state index contributed by atoms with van der Waals surface area (Å²) in [5.41, 5.74) is -1.12. The highest BCUT2D eigenvalue weighted by Gasteiger charge is 3.00. The van der Waals surface area contributed by atoms with Crippen molar-refractivity contribution in [2.45, 2.75) is 104 Å². The second-order valence-electron chi connectivity index (χ2n) is 11.3. The van der Waals surface area contributed by atoms with Crippen LogP contribution in [0.2, 0.25) is 0 Å². The van der Waals surface area contributed by atoms with Crippen LogP contribution < -0.4 is 5.32 Å². The van der Waals surface area contributed by atoms with E-state index in [0.717, 1.165) is 31.2 Å². The van der Waals surface area contributed by atoms with Gasteiger partial charge in [-0.2, -0.15) is 124 Å². The van der Waals surface area contributed by atoms with E-state index in [9.17, 15) is 128 Å². The average Bonchev–Trinajstić information content (AvgIpc) is 2.99. The minimum atomic E-state index is -9.84. The molecule has 56 heavy (non-hydrogen) atoms. The van der Waals surface area contributed by atoms with Crippen molar-refractivity contribution in [2.24, 2.45) is 4.99 Å². The van der Waals surface area contributed by atoms with Gasteiger partial charge in [0, 0.05) is 18.0 Å². The lowest BCUT2D eigenvalue weighted by atomic mass is 9.83. The normalized spacial score (nSPS) is 16.0. The van der Waals surface area contributed by atoms with E-state index in [1.54, 1.807) is 0 Å². The minimum absolute atomic E-state index is 0.133. The van der Waals surface area contributed by atoms with Gasteiger partial charge in [0.1, 0.15) is 0 Å². The van der Waals surface area contributed by atoms with Gasteiger partial charge < -0.3 is 5.32 Å². The van der Waals surface area contributed by atoms with Crippen LogP contribution in [0.25, 0.3) is 0 Å². The zero-order chi connectivity index (χ0) is 45.3. The number of hydrogen-bond donors (Lipinski definition) is 1. The molecular weight excluding hydrogens is 873 g/mol. The third-order valence-electron chi connectivity index (χ3n) is 7.33. The van der Waals surface area contributed by atoms with Gasteiger partial charge in [-0.25, -0.2) is 4.79 Å². The highest BCUT2D eigenvalue weighted by Crippen LogP contribution is 2.68. The Morgan fingerprint density at radius 1 is 0.554 bits per heavy atom. The number of isocyanates is 1. The Morgan fingerprint density at radius 3 is 1.14 bits per heavy atom. The molecule has 0 saturated heterocycles. The number of aliphatic imine (C=N–C) groups is 1. The number of alkyl halides is 27. The van der Waals surface area contributed by atoms with Gasteiger partial charge in [0.2, 0.25) is 6.08 Å². The topological polar surface area (TPSA) is 58.5 Å². The van der Waals surface area contributed by atoms with Gasteiger partial charge in [0.15, 0.2) is 0 Å². The van der Waals surface area contributed by atoms with E-state index in [1.807, 2.05) is 0 Å². The van der Waals surface area contributed by atoms with Crippen LogP contribution in [0.3, 0.4) is 0 Å². The van der Waals surface area contributed by atoms with Gasteiger partial charge in [-0.3, -0.25) is 4.79 Å². The third kappa shape index (κ3) is 6.84. The lowest BCUT2D eigenvalue weighted by molar-refractivity contribution is -0.485. The molecule has 4 nitrogen and oxygen atoms in total. The molecule has 0 spiro atoms. The Hall–Kier alpha value is -3.82. The van der Waals surface area contributed by atoms with E-state index in [2.05, 4.69) is 4.99 Å². The molecule has 1 N–H and O–H groups in total. The zero-order valence-electron chi connectivity index (χ0n) is 26.0. The molecular formula is C25H13F27N2O2. The molecule has 31 heteroatoms. The molecule has 1 amide bonds. The monoisotopic (exact) mass is 886 g/mol. The van der Waals surface area contributed by atoms with Crippen LogP contribution in [0.4, 0.5) is 124 Å². The fourth-order valence-corrected chi connectivity index (χ4v) is 4.07. The number of amides is 1. The highest BCUT2D eigenvalue weighted by molar-refractivity contribution is 5.96. The molecule has 324 valence electrons. The van der Waals surface area contributed by atoms with Gasteiger partial charge >= 0.3 is 77.2 Å². The van der Waals surface area contributed by atoms with Crippen LogP contribution in [0.5, 0.6) is 0 Å². The third-order valence-corrected chi connectivity index (χ3v) is 7.33. The number of nitrogens with zero attached hydrogens (tertiary/aromatic N) is 1. The summed E-state index contributed by atoms with van der Waals surface area (Å²) in [4.78, 5) is 25.6. The quantitative estimate of drug-likeness (QED) is 0.102. The molecule has 1 atom stereocenters. The number of aryl methyl sites for hydroxylation is 1. The van der Waals surface area contributed by atoms with E-state index in [-0.39, 0.29) is 18.2 Å². The maximum atomic E-state index is 14.4. The number of carbonyl (C=O) groups is 1. The summed E-state index contributed by atoms with van der Waals surface area (Å²) >= 11 is 0. The summed E-state index contributed by atoms with van der Waals surface area (Å²) in [7, 11) is 0. The molecule has 0 radical (unpaired) electrons. The summed E-state index contributed by atoms with van der Waals surface area (Å²) in [5.74, 6) is -112. The molecule has 1 aromatic carbocycles. The molecule has 0 fully saturated rings. The van der Waals surface area contributed by atoms with Crippen LogP contribution in [0.15, 0.2) is 23.2 Å². The molecule has 0 aliphatic rings. The number of carbonyl (C=O) groups excluding carboxylic acids is 2. The van der Waals surface area contributed by atoms with E-state index in [1.165, 1.54) is 5.32 Å². The molecule has 0 aromatic heterocycles. The van der Waals surface area contributed by atoms with Gasteiger partial charge in [0.05, 0.1) is 5.69 Å². The fraction of sp³-hybridized carbons (Fsp3) is 0.680. The summed E-state index contributed by atoms with van der Waals surface area (Å²) < 4.78 is 369.